The number of fused-ring (bicyclic) bond motifs is 1. The number of amides is 1. The molecule has 2 aromatic carbocycles. The third-order valence-electron chi connectivity index (χ3n) is 4.95. The quantitative estimate of drug-likeness (QED) is 0.815. The predicted octanol–water partition coefficient (Wildman–Crippen LogP) is 3.12. The number of hydrogen-bond acceptors (Lipinski definition) is 4. The molecule has 2 aromatic rings. The van der Waals surface area contributed by atoms with E-state index < -0.39 is 11.7 Å². The summed E-state index contributed by atoms with van der Waals surface area (Å²) in [4.78, 5) is 16.3. The van der Waals surface area contributed by atoms with E-state index in [4.69, 9.17) is 0 Å². The lowest BCUT2D eigenvalue weighted by atomic mass is 10.1. The standard InChI is InChI=1S/C20H20F2N4O/c1-25-7-9-26(10-8-25)18-6-5-13(11-16(18)22)23-12-14-19-15(21)3-2-4-17(19)24-20(14)27/h2-6,11-12,23H,7-10H2,1H3,(H,24,27). The van der Waals surface area contributed by atoms with Crippen molar-refractivity contribution in [1.29, 1.82) is 0 Å². The molecule has 1 fully saturated rings. The van der Waals surface area contributed by atoms with Gasteiger partial charge in [-0.05, 0) is 37.4 Å². The van der Waals surface area contributed by atoms with Gasteiger partial charge in [0.15, 0.2) is 0 Å². The van der Waals surface area contributed by atoms with Gasteiger partial charge in [-0.2, -0.15) is 0 Å². The first-order chi connectivity index (χ1) is 13.0. The number of carbonyl (C=O) groups is 1. The second-order valence-electron chi connectivity index (χ2n) is 6.78. The first kappa shape index (κ1) is 17.5. The van der Waals surface area contributed by atoms with Crippen molar-refractivity contribution in [3.8, 4) is 0 Å². The third-order valence-corrected chi connectivity index (χ3v) is 4.95. The van der Waals surface area contributed by atoms with E-state index in [-0.39, 0.29) is 17.0 Å². The second kappa shape index (κ2) is 7.00. The molecule has 4 rings (SSSR count). The molecule has 2 heterocycles. The number of nitrogens with one attached hydrogen (secondary N) is 2. The van der Waals surface area contributed by atoms with E-state index >= 15 is 0 Å². The molecular formula is C20H20F2N4O. The number of halogens is 2. The number of nitrogens with zero attached hydrogens (tertiary/aromatic N) is 2. The minimum Gasteiger partial charge on any atom is -0.367 e. The number of likely N-dealkylation sites (N-methyl/N-ethyl adjacent to an activating group) is 1. The highest BCUT2D eigenvalue weighted by Crippen LogP contribution is 2.33. The van der Waals surface area contributed by atoms with E-state index in [0.717, 1.165) is 26.2 Å². The second-order valence-corrected chi connectivity index (χ2v) is 6.78. The van der Waals surface area contributed by atoms with Gasteiger partial charge in [0, 0.05) is 43.6 Å². The lowest BCUT2D eigenvalue weighted by Crippen LogP contribution is -2.44. The van der Waals surface area contributed by atoms with Crippen molar-refractivity contribution in [2.45, 2.75) is 0 Å². The van der Waals surface area contributed by atoms with Crippen LogP contribution < -0.4 is 15.5 Å². The average Bonchev–Trinajstić information content (AvgIpc) is 2.97. The molecule has 2 N–H and O–H groups in total. The zero-order valence-electron chi connectivity index (χ0n) is 14.9. The SMILES string of the molecule is CN1CCN(c2ccc(NC=C3C(=O)Nc4cccc(F)c43)cc2F)CC1. The predicted molar refractivity (Wildman–Crippen MR) is 103 cm³/mol. The Balaban J connectivity index is 1.54. The van der Waals surface area contributed by atoms with E-state index in [9.17, 15) is 13.6 Å². The van der Waals surface area contributed by atoms with E-state index in [0.29, 0.717) is 17.1 Å². The van der Waals surface area contributed by atoms with E-state index in [1.54, 1.807) is 18.2 Å². The van der Waals surface area contributed by atoms with Crippen molar-refractivity contribution in [2.24, 2.45) is 0 Å². The Bertz CT molecular complexity index is 920. The highest BCUT2D eigenvalue weighted by Gasteiger charge is 2.27. The van der Waals surface area contributed by atoms with Crippen LogP contribution >= 0.6 is 0 Å². The number of rotatable bonds is 3. The monoisotopic (exact) mass is 370 g/mol. The summed E-state index contributed by atoms with van der Waals surface area (Å²) in [5, 5.41) is 5.53. The fourth-order valence-electron chi connectivity index (χ4n) is 3.40. The fraction of sp³-hybridized carbons (Fsp3) is 0.250. The molecule has 1 saturated heterocycles. The van der Waals surface area contributed by atoms with Gasteiger partial charge in [-0.3, -0.25) is 4.79 Å². The van der Waals surface area contributed by atoms with Gasteiger partial charge < -0.3 is 20.4 Å². The van der Waals surface area contributed by atoms with E-state index in [2.05, 4.69) is 15.5 Å². The number of piperazine rings is 1. The van der Waals surface area contributed by atoms with Gasteiger partial charge in [-0.1, -0.05) is 6.07 Å². The van der Waals surface area contributed by atoms with Crippen molar-refractivity contribution in [3.63, 3.8) is 0 Å². The normalized spacial score (nSPS) is 18.6. The molecule has 7 heteroatoms. The highest BCUT2D eigenvalue weighted by molar-refractivity contribution is 6.31. The van der Waals surface area contributed by atoms with Crippen LogP contribution in [-0.4, -0.2) is 44.0 Å². The maximum Gasteiger partial charge on any atom is 0.257 e. The van der Waals surface area contributed by atoms with Crippen LogP contribution in [0.15, 0.2) is 42.6 Å². The van der Waals surface area contributed by atoms with Crippen molar-refractivity contribution in [2.75, 3.05) is 48.8 Å². The molecule has 0 saturated carbocycles. The van der Waals surface area contributed by atoms with Crippen LogP contribution in [0.25, 0.3) is 5.57 Å². The topological polar surface area (TPSA) is 47.6 Å². The summed E-state index contributed by atoms with van der Waals surface area (Å²) in [7, 11) is 2.05. The molecule has 0 radical (unpaired) electrons. The van der Waals surface area contributed by atoms with Crippen molar-refractivity contribution < 1.29 is 13.6 Å². The van der Waals surface area contributed by atoms with Crippen molar-refractivity contribution >= 4 is 28.5 Å². The van der Waals surface area contributed by atoms with Crippen LogP contribution in [0, 0.1) is 11.6 Å². The smallest absolute Gasteiger partial charge is 0.257 e. The molecule has 2 aliphatic heterocycles. The Labute approximate surface area is 156 Å². The summed E-state index contributed by atoms with van der Waals surface area (Å²) in [6.45, 7) is 3.35. The molecule has 0 aliphatic carbocycles. The zero-order chi connectivity index (χ0) is 19.0. The largest absolute Gasteiger partial charge is 0.367 e. The molecule has 0 spiro atoms. The third kappa shape index (κ3) is 3.38. The minimum absolute atomic E-state index is 0.187. The first-order valence-corrected chi connectivity index (χ1v) is 8.83. The average molecular weight is 370 g/mol. The van der Waals surface area contributed by atoms with Gasteiger partial charge in [-0.25, -0.2) is 8.78 Å². The number of benzene rings is 2. The molecule has 0 bridgehead atoms. The lowest BCUT2D eigenvalue weighted by molar-refractivity contribution is -0.110. The van der Waals surface area contributed by atoms with Crippen LogP contribution in [0.3, 0.4) is 0 Å². The van der Waals surface area contributed by atoms with Crippen molar-refractivity contribution in [3.05, 3.63) is 59.8 Å². The first-order valence-electron chi connectivity index (χ1n) is 8.83. The summed E-state index contributed by atoms with van der Waals surface area (Å²) >= 11 is 0. The summed E-state index contributed by atoms with van der Waals surface area (Å²) in [5.41, 5.74) is 1.91. The van der Waals surface area contributed by atoms with E-state index in [1.165, 1.54) is 24.4 Å². The Morgan fingerprint density at radius 2 is 1.85 bits per heavy atom. The molecule has 27 heavy (non-hydrogen) atoms. The van der Waals surface area contributed by atoms with Crippen LogP contribution in [0.1, 0.15) is 5.56 Å². The molecule has 5 nitrogen and oxygen atoms in total. The van der Waals surface area contributed by atoms with Crippen LogP contribution in [0.2, 0.25) is 0 Å². The highest BCUT2D eigenvalue weighted by atomic mass is 19.1. The molecule has 0 atom stereocenters. The maximum absolute atomic E-state index is 14.6. The van der Waals surface area contributed by atoms with Gasteiger partial charge in [0.2, 0.25) is 0 Å². The molecular weight excluding hydrogens is 350 g/mol. The Morgan fingerprint density at radius 1 is 1.07 bits per heavy atom. The van der Waals surface area contributed by atoms with Gasteiger partial charge in [0.25, 0.3) is 5.91 Å². The van der Waals surface area contributed by atoms with Gasteiger partial charge in [0.1, 0.15) is 11.6 Å². The Morgan fingerprint density at radius 3 is 2.59 bits per heavy atom. The van der Waals surface area contributed by atoms with Crippen molar-refractivity contribution in [1.82, 2.24) is 4.90 Å². The summed E-state index contributed by atoms with van der Waals surface area (Å²) < 4.78 is 28.6. The maximum atomic E-state index is 14.6. The van der Waals surface area contributed by atoms with Crippen LogP contribution in [0.5, 0.6) is 0 Å². The van der Waals surface area contributed by atoms with Gasteiger partial charge in [0.05, 0.1) is 16.9 Å². The van der Waals surface area contributed by atoms with E-state index in [1.807, 2.05) is 11.9 Å². The molecule has 2 aliphatic rings. The molecule has 140 valence electrons. The van der Waals surface area contributed by atoms with Crippen LogP contribution in [-0.2, 0) is 4.79 Å². The molecule has 0 aromatic heterocycles. The summed E-state index contributed by atoms with van der Waals surface area (Å²) in [6, 6.07) is 9.35. The number of anilines is 3. The number of hydrogen-bond donors (Lipinski definition) is 2. The minimum atomic E-state index is -0.476. The fourth-order valence-corrected chi connectivity index (χ4v) is 3.40. The Kier molecular flexibility index (Phi) is 4.53. The van der Waals surface area contributed by atoms with Gasteiger partial charge in [-0.15, -0.1) is 0 Å². The lowest BCUT2D eigenvalue weighted by Gasteiger charge is -2.34. The Hall–Kier alpha value is -2.93. The molecule has 0 unspecified atom stereocenters. The summed E-state index contributed by atoms with van der Waals surface area (Å²) in [6.07, 6.45) is 1.41. The number of carbonyl (C=O) groups excluding carboxylic acids is 1. The van der Waals surface area contributed by atoms with Crippen LogP contribution in [0.4, 0.5) is 25.8 Å². The zero-order valence-corrected chi connectivity index (χ0v) is 14.9. The van der Waals surface area contributed by atoms with Gasteiger partial charge >= 0.3 is 0 Å². The summed E-state index contributed by atoms with van der Waals surface area (Å²) in [5.74, 6) is -1.20. The molecule has 1 amide bonds.